The highest BCUT2D eigenvalue weighted by Gasteiger charge is 2.10. The number of hydrogen-bond acceptors (Lipinski definition) is 2. The van der Waals surface area contributed by atoms with Gasteiger partial charge in [0.25, 0.3) is 0 Å². The standard InChI is InChI=1S/C15H17FN2/c1-10-4-3-7-18-15(10)9-14(17)12-5-6-13(16)11(2)8-12/h3-8,14H,9,17H2,1-2H3. The van der Waals surface area contributed by atoms with Gasteiger partial charge in [-0.15, -0.1) is 0 Å². The third-order valence-corrected chi connectivity index (χ3v) is 3.14. The van der Waals surface area contributed by atoms with Gasteiger partial charge in [0, 0.05) is 24.4 Å². The predicted octanol–water partition coefficient (Wildman–Crippen LogP) is 3.08. The van der Waals surface area contributed by atoms with E-state index in [-0.39, 0.29) is 11.9 Å². The molecule has 2 aromatic rings. The average Bonchev–Trinajstić information content (AvgIpc) is 2.35. The zero-order chi connectivity index (χ0) is 13.1. The Hall–Kier alpha value is -1.74. The highest BCUT2D eigenvalue weighted by molar-refractivity contribution is 5.28. The molecule has 1 unspecified atom stereocenters. The van der Waals surface area contributed by atoms with E-state index in [0.717, 1.165) is 16.8 Å². The van der Waals surface area contributed by atoms with Crippen LogP contribution in [-0.2, 0) is 6.42 Å². The van der Waals surface area contributed by atoms with Gasteiger partial charge < -0.3 is 5.73 Å². The van der Waals surface area contributed by atoms with Gasteiger partial charge in [-0.3, -0.25) is 4.98 Å². The third-order valence-electron chi connectivity index (χ3n) is 3.14. The molecule has 0 spiro atoms. The number of rotatable bonds is 3. The molecule has 2 rings (SSSR count). The predicted molar refractivity (Wildman–Crippen MR) is 70.7 cm³/mol. The summed E-state index contributed by atoms with van der Waals surface area (Å²) in [6.45, 7) is 3.77. The molecule has 0 saturated heterocycles. The minimum absolute atomic E-state index is 0.155. The van der Waals surface area contributed by atoms with Crippen molar-refractivity contribution in [2.75, 3.05) is 0 Å². The Labute approximate surface area is 107 Å². The normalized spacial score (nSPS) is 12.4. The van der Waals surface area contributed by atoms with Gasteiger partial charge in [0.05, 0.1) is 0 Å². The summed E-state index contributed by atoms with van der Waals surface area (Å²) in [5.41, 5.74) is 9.85. The SMILES string of the molecule is Cc1cc(C(N)Cc2ncccc2C)ccc1F. The maximum Gasteiger partial charge on any atom is 0.126 e. The molecule has 2 nitrogen and oxygen atoms in total. The van der Waals surface area contributed by atoms with E-state index in [2.05, 4.69) is 4.98 Å². The third kappa shape index (κ3) is 2.74. The topological polar surface area (TPSA) is 38.9 Å². The quantitative estimate of drug-likeness (QED) is 0.901. The molecule has 94 valence electrons. The van der Waals surface area contributed by atoms with Crippen LogP contribution in [0.2, 0.25) is 0 Å². The number of aromatic nitrogens is 1. The van der Waals surface area contributed by atoms with Crippen molar-refractivity contribution >= 4 is 0 Å². The summed E-state index contributed by atoms with van der Waals surface area (Å²) >= 11 is 0. The van der Waals surface area contributed by atoms with Crippen molar-refractivity contribution in [3.63, 3.8) is 0 Å². The number of nitrogens with two attached hydrogens (primary N) is 1. The van der Waals surface area contributed by atoms with E-state index in [4.69, 9.17) is 5.73 Å². The van der Waals surface area contributed by atoms with Crippen LogP contribution in [0.5, 0.6) is 0 Å². The summed E-state index contributed by atoms with van der Waals surface area (Å²) in [5, 5.41) is 0. The van der Waals surface area contributed by atoms with Crippen LogP contribution in [0.15, 0.2) is 36.5 Å². The van der Waals surface area contributed by atoms with E-state index >= 15 is 0 Å². The van der Waals surface area contributed by atoms with Crippen LogP contribution in [-0.4, -0.2) is 4.98 Å². The summed E-state index contributed by atoms with van der Waals surface area (Å²) in [6.07, 6.45) is 2.43. The molecule has 0 aliphatic rings. The maximum atomic E-state index is 13.2. The molecule has 1 heterocycles. The molecule has 2 N–H and O–H groups in total. The Morgan fingerprint density at radius 1 is 1.22 bits per heavy atom. The lowest BCUT2D eigenvalue weighted by Gasteiger charge is -2.14. The van der Waals surface area contributed by atoms with Crippen molar-refractivity contribution in [1.29, 1.82) is 0 Å². The second-order valence-electron chi connectivity index (χ2n) is 4.59. The lowest BCUT2D eigenvalue weighted by atomic mass is 9.99. The zero-order valence-corrected chi connectivity index (χ0v) is 10.7. The van der Waals surface area contributed by atoms with Crippen LogP contribution in [0.3, 0.4) is 0 Å². The molecule has 0 aliphatic carbocycles. The fraction of sp³-hybridized carbons (Fsp3) is 0.267. The Morgan fingerprint density at radius 3 is 2.67 bits per heavy atom. The zero-order valence-electron chi connectivity index (χ0n) is 10.7. The lowest BCUT2D eigenvalue weighted by Crippen LogP contribution is -2.15. The van der Waals surface area contributed by atoms with E-state index in [1.807, 2.05) is 19.1 Å². The van der Waals surface area contributed by atoms with Gasteiger partial charge in [0.2, 0.25) is 0 Å². The van der Waals surface area contributed by atoms with Gasteiger partial charge >= 0.3 is 0 Å². The van der Waals surface area contributed by atoms with Crippen molar-refractivity contribution in [2.24, 2.45) is 5.73 Å². The summed E-state index contributed by atoms with van der Waals surface area (Å²) < 4.78 is 13.2. The van der Waals surface area contributed by atoms with Crippen molar-refractivity contribution < 1.29 is 4.39 Å². The fourth-order valence-electron chi connectivity index (χ4n) is 1.96. The summed E-state index contributed by atoms with van der Waals surface area (Å²) in [7, 11) is 0. The number of pyridine rings is 1. The molecule has 3 heteroatoms. The van der Waals surface area contributed by atoms with Gasteiger partial charge in [0.15, 0.2) is 0 Å². The molecule has 0 fully saturated rings. The molecule has 0 aliphatic heterocycles. The molecule has 1 aromatic heterocycles. The minimum atomic E-state index is -0.194. The monoisotopic (exact) mass is 244 g/mol. The lowest BCUT2D eigenvalue weighted by molar-refractivity contribution is 0.614. The first-order valence-corrected chi connectivity index (χ1v) is 6.00. The van der Waals surface area contributed by atoms with Crippen LogP contribution in [0.1, 0.15) is 28.4 Å². The van der Waals surface area contributed by atoms with Crippen LogP contribution in [0.25, 0.3) is 0 Å². The fourth-order valence-corrected chi connectivity index (χ4v) is 1.96. The molecular formula is C15H17FN2. The highest BCUT2D eigenvalue weighted by atomic mass is 19.1. The summed E-state index contributed by atoms with van der Waals surface area (Å²) in [4.78, 5) is 4.33. The van der Waals surface area contributed by atoms with Gasteiger partial charge in [-0.2, -0.15) is 0 Å². The number of benzene rings is 1. The largest absolute Gasteiger partial charge is 0.324 e. The van der Waals surface area contributed by atoms with Crippen molar-refractivity contribution in [3.8, 4) is 0 Å². The number of nitrogens with zero attached hydrogens (tertiary/aromatic N) is 1. The van der Waals surface area contributed by atoms with E-state index in [1.165, 1.54) is 6.07 Å². The first-order valence-electron chi connectivity index (χ1n) is 6.00. The van der Waals surface area contributed by atoms with Crippen LogP contribution in [0.4, 0.5) is 4.39 Å². The minimum Gasteiger partial charge on any atom is -0.324 e. The average molecular weight is 244 g/mol. The van der Waals surface area contributed by atoms with Gasteiger partial charge in [-0.1, -0.05) is 18.2 Å². The highest BCUT2D eigenvalue weighted by Crippen LogP contribution is 2.19. The molecule has 1 aromatic carbocycles. The smallest absolute Gasteiger partial charge is 0.126 e. The van der Waals surface area contributed by atoms with Gasteiger partial charge in [-0.25, -0.2) is 4.39 Å². The van der Waals surface area contributed by atoms with E-state index in [0.29, 0.717) is 12.0 Å². The molecule has 0 saturated carbocycles. The molecule has 0 bridgehead atoms. The second-order valence-corrected chi connectivity index (χ2v) is 4.59. The van der Waals surface area contributed by atoms with Crippen LogP contribution < -0.4 is 5.73 Å². The number of aryl methyl sites for hydroxylation is 2. The van der Waals surface area contributed by atoms with Crippen molar-refractivity contribution in [3.05, 3.63) is 64.7 Å². The molecule has 0 amide bonds. The summed E-state index contributed by atoms with van der Waals surface area (Å²) in [5.74, 6) is -0.194. The molecule has 18 heavy (non-hydrogen) atoms. The maximum absolute atomic E-state index is 13.2. The molecule has 0 radical (unpaired) electrons. The van der Waals surface area contributed by atoms with Gasteiger partial charge in [0.1, 0.15) is 5.82 Å². The Balaban J connectivity index is 2.19. The molecule has 1 atom stereocenters. The number of hydrogen-bond donors (Lipinski definition) is 1. The number of halogens is 1. The first kappa shape index (κ1) is 12.7. The Bertz CT molecular complexity index is 552. The van der Waals surface area contributed by atoms with E-state index < -0.39 is 0 Å². The van der Waals surface area contributed by atoms with Crippen molar-refractivity contribution in [1.82, 2.24) is 4.98 Å². The van der Waals surface area contributed by atoms with E-state index in [9.17, 15) is 4.39 Å². The Morgan fingerprint density at radius 2 is 2.00 bits per heavy atom. The molecular weight excluding hydrogens is 227 g/mol. The van der Waals surface area contributed by atoms with Crippen LogP contribution in [0, 0.1) is 19.7 Å². The van der Waals surface area contributed by atoms with E-state index in [1.54, 1.807) is 25.3 Å². The Kier molecular flexibility index (Phi) is 3.72. The second kappa shape index (κ2) is 5.27. The van der Waals surface area contributed by atoms with Crippen LogP contribution >= 0.6 is 0 Å². The summed E-state index contributed by atoms with van der Waals surface area (Å²) in [6, 6.07) is 8.79. The van der Waals surface area contributed by atoms with Gasteiger partial charge in [-0.05, 0) is 42.7 Å². The first-order chi connectivity index (χ1) is 8.58. The van der Waals surface area contributed by atoms with Crippen molar-refractivity contribution in [2.45, 2.75) is 26.3 Å².